The Hall–Kier alpha value is -3.08. The normalized spacial score (nSPS) is 11.6. The quantitative estimate of drug-likeness (QED) is 0.611. The van der Waals surface area contributed by atoms with Gasteiger partial charge in [0.15, 0.2) is 0 Å². The van der Waals surface area contributed by atoms with Gasteiger partial charge in [-0.25, -0.2) is 8.42 Å². The molecule has 0 aliphatic carbocycles. The van der Waals surface area contributed by atoms with Gasteiger partial charge in [-0.1, -0.05) is 18.2 Å². The number of amides is 2. The summed E-state index contributed by atoms with van der Waals surface area (Å²) in [4.78, 5) is 24.7. The van der Waals surface area contributed by atoms with Gasteiger partial charge in [0, 0.05) is 11.3 Å². The van der Waals surface area contributed by atoms with Crippen LogP contribution < -0.4 is 15.4 Å². The van der Waals surface area contributed by atoms with Crippen molar-refractivity contribution in [1.29, 1.82) is 0 Å². The van der Waals surface area contributed by atoms with E-state index in [4.69, 9.17) is 0 Å². The number of alkyl halides is 3. The number of rotatable bonds is 7. The maximum absolute atomic E-state index is 12.7. The van der Waals surface area contributed by atoms with Gasteiger partial charge >= 0.3 is 6.18 Å². The van der Waals surface area contributed by atoms with Gasteiger partial charge in [-0.3, -0.25) is 14.3 Å². The van der Waals surface area contributed by atoms with E-state index in [1.54, 1.807) is 24.4 Å². The van der Waals surface area contributed by atoms with Crippen molar-refractivity contribution in [2.24, 2.45) is 0 Å². The lowest BCUT2D eigenvalue weighted by Crippen LogP contribution is -2.33. The third-order valence-corrected chi connectivity index (χ3v) is 5.31. The van der Waals surface area contributed by atoms with Crippen LogP contribution in [0.25, 0.3) is 0 Å². The van der Waals surface area contributed by atoms with Crippen LogP contribution in [0.1, 0.15) is 33.2 Å². The first-order chi connectivity index (χ1) is 13.9. The van der Waals surface area contributed by atoms with E-state index in [1.807, 2.05) is 0 Å². The van der Waals surface area contributed by atoms with Gasteiger partial charge in [0.1, 0.15) is 6.54 Å². The molecule has 3 N–H and O–H groups in total. The monoisotopic (exact) mass is 443 g/mol. The van der Waals surface area contributed by atoms with Crippen LogP contribution in [0, 0.1) is 6.92 Å². The Morgan fingerprint density at radius 3 is 2.30 bits per heavy atom. The lowest BCUT2D eigenvalue weighted by molar-refractivity contribution is -0.123. The smallest absolute Gasteiger partial charge is 0.343 e. The van der Waals surface area contributed by atoms with Crippen molar-refractivity contribution in [1.82, 2.24) is 5.32 Å². The molecule has 0 spiro atoms. The fourth-order valence-corrected chi connectivity index (χ4v) is 3.04. The molecule has 0 fully saturated rings. The Morgan fingerprint density at radius 1 is 1.00 bits per heavy atom. The highest BCUT2D eigenvalue weighted by Crippen LogP contribution is 2.22. The predicted octanol–water partition coefficient (Wildman–Crippen LogP) is 3.30. The fraction of sp³-hybridized carbons (Fsp3) is 0.263. The minimum Gasteiger partial charge on any atom is -0.343 e. The lowest BCUT2D eigenvalue weighted by atomic mass is 10.1. The molecule has 0 bridgehead atoms. The first kappa shape index (κ1) is 23.2. The van der Waals surface area contributed by atoms with Crippen LogP contribution in [0.2, 0.25) is 0 Å². The van der Waals surface area contributed by atoms with Gasteiger partial charge in [-0.05, 0) is 43.7 Å². The average Bonchev–Trinajstić information content (AvgIpc) is 2.67. The zero-order valence-corrected chi connectivity index (χ0v) is 16.9. The molecule has 0 aliphatic rings. The molecule has 2 rings (SSSR count). The van der Waals surface area contributed by atoms with Crippen LogP contribution in [0.4, 0.5) is 24.5 Å². The summed E-state index contributed by atoms with van der Waals surface area (Å²) in [5, 5.41) is 4.32. The van der Waals surface area contributed by atoms with Crippen molar-refractivity contribution >= 4 is 33.2 Å². The van der Waals surface area contributed by atoms with E-state index >= 15 is 0 Å². The number of hydrogen-bond acceptors (Lipinski definition) is 4. The molecule has 0 heterocycles. The van der Waals surface area contributed by atoms with E-state index < -0.39 is 34.6 Å². The number of nitrogens with one attached hydrogen (secondary N) is 3. The van der Waals surface area contributed by atoms with Gasteiger partial charge in [0.2, 0.25) is 10.0 Å². The SMILES string of the molecule is CCS(=O)(=O)Nc1ccccc1C(=O)Nc1cc(C(=O)NCC(F)(F)F)ccc1C. The van der Waals surface area contributed by atoms with E-state index in [-0.39, 0.29) is 28.3 Å². The Balaban J connectivity index is 2.25. The molecule has 0 saturated heterocycles. The summed E-state index contributed by atoms with van der Waals surface area (Å²) in [6, 6.07) is 10.0. The second kappa shape index (κ2) is 9.16. The number of carbonyl (C=O) groups excluding carboxylic acids is 2. The minimum absolute atomic E-state index is 0.0425. The lowest BCUT2D eigenvalue weighted by Gasteiger charge is -2.14. The Labute approximate surface area is 171 Å². The third-order valence-electron chi connectivity index (χ3n) is 4.01. The van der Waals surface area contributed by atoms with Crippen LogP contribution in [-0.4, -0.2) is 38.7 Å². The number of carbonyl (C=O) groups is 2. The van der Waals surface area contributed by atoms with Gasteiger partial charge in [-0.15, -0.1) is 0 Å². The van der Waals surface area contributed by atoms with Crippen molar-refractivity contribution in [3.05, 3.63) is 59.2 Å². The molecular weight excluding hydrogens is 423 g/mol. The number of hydrogen-bond donors (Lipinski definition) is 3. The second-order valence-electron chi connectivity index (χ2n) is 6.33. The average molecular weight is 443 g/mol. The van der Waals surface area contributed by atoms with Crippen LogP contribution in [0.15, 0.2) is 42.5 Å². The molecule has 2 aromatic rings. The maximum Gasteiger partial charge on any atom is 0.405 e. The van der Waals surface area contributed by atoms with E-state index in [2.05, 4.69) is 10.0 Å². The maximum atomic E-state index is 12.7. The highest BCUT2D eigenvalue weighted by Gasteiger charge is 2.28. The van der Waals surface area contributed by atoms with Gasteiger partial charge in [-0.2, -0.15) is 13.2 Å². The highest BCUT2D eigenvalue weighted by atomic mass is 32.2. The van der Waals surface area contributed by atoms with Gasteiger partial charge < -0.3 is 10.6 Å². The number of sulfonamides is 1. The molecule has 2 amide bonds. The number of para-hydroxylation sites is 1. The van der Waals surface area contributed by atoms with Crippen molar-refractivity contribution in [3.63, 3.8) is 0 Å². The van der Waals surface area contributed by atoms with Crippen molar-refractivity contribution in [2.75, 3.05) is 22.3 Å². The predicted molar refractivity (Wildman–Crippen MR) is 107 cm³/mol. The Kier molecular flexibility index (Phi) is 7.08. The molecule has 2 aromatic carbocycles. The molecule has 0 unspecified atom stereocenters. The van der Waals surface area contributed by atoms with E-state index in [9.17, 15) is 31.2 Å². The Morgan fingerprint density at radius 2 is 1.67 bits per heavy atom. The summed E-state index contributed by atoms with van der Waals surface area (Å²) in [7, 11) is -3.62. The van der Waals surface area contributed by atoms with E-state index in [0.717, 1.165) is 0 Å². The molecule has 30 heavy (non-hydrogen) atoms. The summed E-state index contributed by atoms with van der Waals surface area (Å²) in [6.07, 6.45) is -4.55. The van der Waals surface area contributed by atoms with Crippen LogP contribution in [0.3, 0.4) is 0 Å². The highest BCUT2D eigenvalue weighted by molar-refractivity contribution is 7.92. The largest absolute Gasteiger partial charge is 0.405 e. The molecule has 0 aromatic heterocycles. The van der Waals surface area contributed by atoms with Gasteiger partial charge in [0.25, 0.3) is 11.8 Å². The molecule has 0 radical (unpaired) electrons. The number of anilines is 2. The molecule has 11 heteroatoms. The summed E-state index contributed by atoms with van der Waals surface area (Å²) < 4.78 is 62.9. The molecule has 0 saturated carbocycles. The molecule has 7 nitrogen and oxygen atoms in total. The van der Waals surface area contributed by atoms with Crippen molar-refractivity contribution in [3.8, 4) is 0 Å². The van der Waals surface area contributed by atoms with Crippen LogP contribution >= 0.6 is 0 Å². The number of benzene rings is 2. The van der Waals surface area contributed by atoms with Crippen molar-refractivity contribution < 1.29 is 31.2 Å². The molecule has 162 valence electrons. The molecular formula is C19H20F3N3O4S. The Bertz CT molecular complexity index is 1050. The summed E-state index contributed by atoms with van der Waals surface area (Å²) >= 11 is 0. The van der Waals surface area contributed by atoms with Crippen molar-refractivity contribution in [2.45, 2.75) is 20.0 Å². The summed E-state index contributed by atoms with van der Waals surface area (Å²) in [5.74, 6) is -1.78. The standard InChI is InChI=1S/C19H20F3N3O4S/c1-3-30(28,29)25-15-7-5-4-6-14(15)18(27)24-16-10-13(9-8-12(16)2)17(26)23-11-19(20,21)22/h4-10,25H,3,11H2,1-2H3,(H,23,26)(H,24,27). The van der Waals surface area contributed by atoms with E-state index in [0.29, 0.717) is 5.56 Å². The van der Waals surface area contributed by atoms with Crippen LogP contribution in [0.5, 0.6) is 0 Å². The fourth-order valence-electron chi connectivity index (χ4n) is 2.38. The minimum atomic E-state index is -4.55. The second-order valence-corrected chi connectivity index (χ2v) is 8.34. The van der Waals surface area contributed by atoms with Crippen LogP contribution in [-0.2, 0) is 10.0 Å². The topological polar surface area (TPSA) is 104 Å². The third kappa shape index (κ3) is 6.48. The molecule has 0 aliphatic heterocycles. The van der Waals surface area contributed by atoms with Gasteiger partial charge in [0.05, 0.1) is 17.0 Å². The van der Waals surface area contributed by atoms with E-state index in [1.165, 1.54) is 37.3 Å². The summed E-state index contributed by atoms with van der Waals surface area (Å²) in [6.45, 7) is 1.61. The number of aryl methyl sites for hydroxylation is 1. The zero-order chi connectivity index (χ0) is 22.5. The number of halogens is 3. The first-order valence-corrected chi connectivity index (χ1v) is 10.4. The molecule has 0 atom stereocenters. The first-order valence-electron chi connectivity index (χ1n) is 8.78. The zero-order valence-electron chi connectivity index (χ0n) is 16.1. The summed E-state index contributed by atoms with van der Waals surface area (Å²) in [5.41, 5.74) is 0.810.